The van der Waals surface area contributed by atoms with Crippen molar-refractivity contribution in [1.29, 1.82) is 0 Å². The average molecular weight is 538 g/mol. The summed E-state index contributed by atoms with van der Waals surface area (Å²) in [5.74, 6) is 0.723. The van der Waals surface area contributed by atoms with Crippen LogP contribution in [0, 0.1) is 0 Å². The third kappa shape index (κ3) is 10.0. The molecule has 166 valence electrons. The fourth-order valence-electron chi connectivity index (χ4n) is 2.34. The number of nitrogens with one attached hydrogen (secondary N) is 1. The number of likely N-dealkylation sites (N-methyl/N-ethyl adjacent to an activating group) is 1. The molecule has 0 aliphatic rings. The summed E-state index contributed by atoms with van der Waals surface area (Å²) in [5.41, 5.74) is 7.54. The third-order valence-electron chi connectivity index (χ3n) is 3.82. The van der Waals surface area contributed by atoms with Crippen molar-refractivity contribution in [1.82, 2.24) is 10.2 Å². The summed E-state index contributed by atoms with van der Waals surface area (Å²) in [6, 6.07) is 13.1. The lowest BCUT2D eigenvalue weighted by atomic mass is 10.2. The van der Waals surface area contributed by atoms with E-state index in [-0.39, 0.29) is 42.2 Å². The molecule has 0 aliphatic heterocycles. The predicted octanol–water partition coefficient (Wildman–Crippen LogP) is 3.75. The van der Waals surface area contributed by atoms with Crippen molar-refractivity contribution in [2.75, 3.05) is 27.2 Å². The van der Waals surface area contributed by atoms with Crippen molar-refractivity contribution < 1.29 is 22.6 Å². The van der Waals surface area contributed by atoms with E-state index in [9.17, 15) is 13.2 Å². The minimum Gasteiger partial charge on any atom is -0.492 e. The number of rotatable bonds is 9. The maximum atomic E-state index is 12.2. The molecule has 0 bridgehead atoms. The van der Waals surface area contributed by atoms with Gasteiger partial charge in [0, 0.05) is 18.7 Å². The van der Waals surface area contributed by atoms with Crippen LogP contribution in [0.2, 0.25) is 0 Å². The normalized spacial score (nSPS) is 11.7. The van der Waals surface area contributed by atoms with Gasteiger partial charge in [-0.1, -0.05) is 30.3 Å². The van der Waals surface area contributed by atoms with Crippen LogP contribution in [0.3, 0.4) is 0 Å². The van der Waals surface area contributed by atoms with Crippen molar-refractivity contribution in [3.8, 4) is 11.5 Å². The fraction of sp³-hybridized carbons (Fsp3) is 0.350. The Bertz CT molecular complexity index is 799. The minimum absolute atomic E-state index is 0. The summed E-state index contributed by atoms with van der Waals surface area (Å²) in [6.45, 7) is 2.04. The number of alkyl halides is 3. The Morgan fingerprint density at radius 3 is 2.40 bits per heavy atom. The van der Waals surface area contributed by atoms with Gasteiger partial charge in [0.25, 0.3) is 0 Å². The van der Waals surface area contributed by atoms with Gasteiger partial charge < -0.3 is 25.4 Å². The van der Waals surface area contributed by atoms with Crippen LogP contribution < -0.4 is 20.5 Å². The molecular weight excluding hydrogens is 512 g/mol. The van der Waals surface area contributed by atoms with Gasteiger partial charge in [-0.15, -0.1) is 37.1 Å². The summed E-state index contributed by atoms with van der Waals surface area (Å²) in [6.07, 6.45) is -4.71. The Balaban J connectivity index is 0.00000450. The smallest absolute Gasteiger partial charge is 0.492 e. The van der Waals surface area contributed by atoms with Gasteiger partial charge in [-0.05, 0) is 37.9 Å². The number of para-hydroxylation sites is 1. The van der Waals surface area contributed by atoms with E-state index in [4.69, 9.17) is 10.5 Å². The molecule has 0 heterocycles. The second-order valence-corrected chi connectivity index (χ2v) is 6.51. The molecule has 0 atom stereocenters. The average Bonchev–Trinajstić information content (AvgIpc) is 2.65. The molecule has 10 heteroatoms. The number of benzene rings is 2. The van der Waals surface area contributed by atoms with Crippen LogP contribution in [-0.4, -0.2) is 44.5 Å². The second kappa shape index (κ2) is 12.5. The van der Waals surface area contributed by atoms with Crippen LogP contribution >= 0.6 is 24.0 Å². The summed E-state index contributed by atoms with van der Waals surface area (Å²) >= 11 is 0. The van der Waals surface area contributed by atoms with E-state index in [1.807, 2.05) is 43.3 Å². The summed E-state index contributed by atoms with van der Waals surface area (Å²) in [5, 5.41) is 3.02. The molecule has 2 aromatic carbocycles. The van der Waals surface area contributed by atoms with E-state index in [2.05, 4.69) is 15.0 Å². The Hall–Kier alpha value is -2.21. The first-order valence-electron chi connectivity index (χ1n) is 8.97. The van der Waals surface area contributed by atoms with Gasteiger partial charge in [0.1, 0.15) is 18.1 Å². The molecule has 0 amide bonds. The van der Waals surface area contributed by atoms with E-state index in [0.717, 1.165) is 17.9 Å². The number of guanidine groups is 1. The third-order valence-corrected chi connectivity index (χ3v) is 3.82. The number of hydrogen-bond donors (Lipinski definition) is 2. The van der Waals surface area contributed by atoms with E-state index in [1.165, 1.54) is 24.3 Å². The van der Waals surface area contributed by atoms with Crippen molar-refractivity contribution in [3.05, 3.63) is 59.7 Å². The zero-order valence-electron chi connectivity index (χ0n) is 16.8. The van der Waals surface area contributed by atoms with Gasteiger partial charge in [0.05, 0.1) is 6.54 Å². The summed E-state index contributed by atoms with van der Waals surface area (Å²) in [4.78, 5) is 6.24. The highest BCUT2D eigenvalue weighted by Crippen LogP contribution is 2.23. The Morgan fingerprint density at radius 1 is 1.10 bits per heavy atom. The first-order valence-corrected chi connectivity index (χ1v) is 8.97. The Labute approximate surface area is 191 Å². The standard InChI is InChI=1S/C20H25F3N4O2.HI/c1-27(2)11-12-28-18-6-4-3-5-16(18)14-26-19(24)25-13-15-7-9-17(10-8-15)29-20(21,22)23;/h3-10H,11-14H2,1-2H3,(H3,24,25,26);1H. The van der Waals surface area contributed by atoms with E-state index < -0.39 is 6.36 Å². The van der Waals surface area contributed by atoms with Crippen LogP contribution in [0.1, 0.15) is 11.1 Å². The Morgan fingerprint density at radius 2 is 1.77 bits per heavy atom. The number of nitrogens with zero attached hydrogens (tertiary/aromatic N) is 2. The lowest BCUT2D eigenvalue weighted by Crippen LogP contribution is -2.31. The van der Waals surface area contributed by atoms with Gasteiger partial charge in [0.15, 0.2) is 5.96 Å². The van der Waals surface area contributed by atoms with Crippen LogP contribution in [0.5, 0.6) is 11.5 Å². The fourth-order valence-corrected chi connectivity index (χ4v) is 2.34. The minimum atomic E-state index is -4.71. The Kier molecular flexibility index (Phi) is 10.7. The molecule has 0 spiro atoms. The van der Waals surface area contributed by atoms with Gasteiger partial charge in [0.2, 0.25) is 0 Å². The van der Waals surface area contributed by atoms with E-state index in [1.54, 1.807) is 0 Å². The SMILES string of the molecule is CN(C)CCOc1ccccc1CNC(N)=NCc1ccc(OC(F)(F)F)cc1.I. The molecule has 0 aliphatic carbocycles. The predicted molar refractivity (Wildman–Crippen MR) is 121 cm³/mol. The molecule has 2 rings (SSSR count). The van der Waals surface area contributed by atoms with Crippen LogP contribution in [-0.2, 0) is 13.1 Å². The van der Waals surface area contributed by atoms with Gasteiger partial charge in [-0.2, -0.15) is 0 Å². The van der Waals surface area contributed by atoms with Crippen LogP contribution in [0.15, 0.2) is 53.5 Å². The zero-order chi connectivity index (χ0) is 21.3. The van der Waals surface area contributed by atoms with Crippen molar-refractivity contribution in [2.24, 2.45) is 10.7 Å². The first-order chi connectivity index (χ1) is 13.7. The molecule has 0 saturated carbocycles. The molecule has 3 N–H and O–H groups in total. The number of halogens is 4. The number of aliphatic imine (C=N–C) groups is 1. The van der Waals surface area contributed by atoms with E-state index in [0.29, 0.717) is 18.7 Å². The molecule has 0 saturated heterocycles. The van der Waals surface area contributed by atoms with E-state index >= 15 is 0 Å². The van der Waals surface area contributed by atoms with Gasteiger partial charge >= 0.3 is 6.36 Å². The van der Waals surface area contributed by atoms with Crippen LogP contribution in [0.4, 0.5) is 13.2 Å². The maximum Gasteiger partial charge on any atom is 0.573 e. The molecule has 0 unspecified atom stereocenters. The largest absolute Gasteiger partial charge is 0.573 e. The van der Waals surface area contributed by atoms with Crippen molar-refractivity contribution in [3.63, 3.8) is 0 Å². The van der Waals surface area contributed by atoms with Crippen molar-refractivity contribution >= 4 is 29.9 Å². The zero-order valence-corrected chi connectivity index (χ0v) is 19.1. The molecule has 0 radical (unpaired) electrons. The molecule has 6 nitrogen and oxygen atoms in total. The summed E-state index contributed by atoms with van der Waals surface area (Å²) in [7, 11) is 3.95. The number of ether oxygens (including phenoxy) is 2. The van der Waals surface area contributed by atoms with Crippen molar-refractivity contribution in [2.45, 2.75) is 19.5 Å². The molecular formula is C20H26F3IN4O2. The highest BCUT2D eigenvalue weighted by molar-refractivity contribution is 14.0. The maximum absolute atomic E-state index is 12.2. The monoisotopic (exact) mass is 538 g/mol. The molecule has 0 aromatic heterocycles. The molecule has 30 heavy (non-hydrogen) atoms. The van der Waals surface area contributed by atoms with Gasteiger partial charge in [-0.3, -0.25) is 0 Å². The topological polar surface area (TPSA) is 72.1 Å². The highest BCUT2D eigenvalue weighted by atomic mass is 127. The highest BCUT2D eigenvalue weighted by Gasteiger charge is 2.30. The van der Waals surface area contributed by atoms with Gasteiger partial charge in [-0.25, -0.2) is 4.99 Å². The quantitative estimate of drug-likeness (QED) is 0.289. The molecule has 2 aromatic rings. The first kappa shape index (κ1) is 25.8. The summed E-state index contributed by atoms with van der Waals surface area (Å²) < 4.78 is 46.2. The second-order valence-electron chi connectivity index (χ2n) is 6.51. The molecule has 0 fully saturated rings. The number of nitrogens with two attached hydrogens (primary N) is 1. The number of hydrogen-bond acceptors (Lipinski definition) is 4. The lowest BCUT2D eigenvalue weighted by molar-refractivity contribution is -0.274. The lowest BCUT2D eigenvalue weighted by Gasteiger charge is -2.14. The van der Waals surface area contributed by atoms with Crippen LogP contribution in [0.25, 0.3) is 0 Å².